The van der Waals surface area contributed by atoms with Crippen molar-refractivity contribution in [3.63, 3.8) is 0 Å². The van der Waals surface area contributed by atoms with Gasteiger partial charge in [0.25, 0.3) is 0 Å². The van der Waals surface area contributed by atoms with Gasteiger partial charge in [-0.3, -0.25) is 0 Å². The molecule has 0 bridgehead atoms. The smallest absolute Gasteiger partial charge is 0.351 e. The number of carbonyl (C=O) groups excluding carboxylic acids is 3. The number of allylic oxidation sites excluding steroid dienone is 3. The maximum absolute atomic E-state index is 13.1. The number of hydrogen-bond acceptors (Lipinski definition) is 7. The van der Waals surface area contributed by atoms with E-state index in [-0.39, 0.29) is 0 Å². The van der Waals surface area contributed by atoms with Crippen LogP contribution in [0.5, 0.6) is 0 Å². The lowest BCUT2D eigenvalue weighted by Gasteiger charge is -2.35. The third-order valence-corrected chi connectivity index (χ3v) is 7.01. The van der Waals surface area contributed by atoms with E-state index >= 15 is 0 Å². The molecule has 0 radical (unpaired) electrons. The SMILES string of the molecule is C/C=C(/C)C(=O)O[C@H]1[C@@H]2[C@@H](C/C(C)=C\CC[C@]3(C)O[C@@H]13)OC(=O)[C@]2(C)OC(=O)/C(C)=C\C. The molecule has 32 heavy (non-hydrogen) atoms. The molecule has 0 aromatic carbocycles. The molecule has 2 fully saturated rings. The molecule has 0 spiro atoms. The summed E-state index contributed by atoms with van der Waals surface area (Å²) in [5.74, 6) is -2.45. The number of fused-ring (bicyclic) bond motifs is 2. The van der Waals surface area contributed by atoms with Crippen LogP contribution in [0, 0.1) is 5.92 Å². The van der Waals surface area contributed by atoms with Gasteiger partial charge in [0, 0.05) is 17.6 Å². The van der Waals surface area contributed by atoms with E-state index in [4.69, 9.17) is 18.9 Å². The molecule has 0 N–H and O–H groups in total. The van der Waals surface area contributed by atoms with Gasteiger partial charge in [-0.2, -0.15) is 0 Å². The summed E-state index contributed by atoms with van der Waals surface area (Å²) < 4.78 is 23.6. The van der Waals surface area contributed by atoms with Crippen molar-refractivity contribution in [1.82, 2.24) is 0 Å². The largest absolute Gasteiger partial charge is 0.458 e. The Morgan fingerprint density at radius 2 is 1.75 bits per heavy atom. The number of esters is 3. The van der Waals surface area contributed by atoms with Crippen molar-refractivity contribution in [2.45, 2.75) is 97.2 Å². The second-order valence-electron chi connectivity index (χ2n) is 9.42. The fourth-order valence-corrected chi connectivity index (χ4v) is 4.55. The summed E-state index contributed by atoms with van der Waals surface area (Å²) in [5, 5.41) is 0. The standard InChI is InChI=1S/C25H34O7/c1-8-15(4)21(26)30-19-18-17(13-14(3)11-10-12-24(6)20(19)31-24)29-23(28)25(18,7)32-22(27)16(5)9-2/h8-9,11,17-20H,10,12-13H2,1-7H3/b14-11-,15-8-,16-9-/t17-,18+,19+,20+,24+,25-/m1/s1. The monoisotopic (exact) mass is 446 g/mol. The van der Waals surface area contributed by atoms with Crippen LogP contribution in [-0.2, 0) is 33.3 Å². The van der Waals surface area contributed by atoms with Crippen molar-refractivity contribution in [3.05, 3.63) is 34.9 Å². The molecular formula is C25H34O7. The Hall–Kier alpha value is -2.41. The molecule has 7 nitrogen and oxygen atoms in total. The average Bonchev–Trinajstić information content (AvgIpc) is 3.35. The van der Waals surface area contributed by atoms with Crippen molar-refractivity contribution < 1.29 is 33.3 Å². The molecule has 2 saturated heterocycles. The van der Waals surface area contributed by atoms with Crippen molar-refractivity contribution in [3.8, 4) is 0 Å². The lowest BCUT2D eigenvalue weighted by Crippen LogP contribution is -2.52. The molecule has 2 aliphatic heterocycles. The quantitative estimate of drug-likeness (QED) is 0.212. The third kappa shape index (κ3) is 4.40. The minimum Gasteiger partial charge on any atom is -0.458 e. The van der Waals surface area contributed by atoms with Gasteiger partial charge in [0.15, 0.2) is 0 Å². The Bertz CT molecular complexity index is 898. The highest BCUT2D eigenvalue weighted by Crippen LogP contribution is 2.51. The molecule has 0 amide bonds. The Morgan fingerprint density at radius 1 is 1.12 bits per heavy atom. The molecule has 7 heteroatoms. The van der Waals surface area contributed by atoms with Gasteiger partial charge in [0.1, 0.15) is 18.3 Å². The molecule has 2 heterocycles. The van der Waals surface area contributed by atoms with Crippen LogP contribution in [0.4, 0.5) is 0 Å². The summed E-state index contributed by atoms with van der Waals surface area (Å²) in [5.41, 5.74) is -0.225. The molecular weight excluding hydrogens is 412 g/mol. The minimum atomic E-state index is -1.62. The first-order valence-corrected chi connectivity index (χ1v) is 11.2. The van der Waals surface area contributed by atoms with Crippen molar-refractivity contribution in [2.75, 3.05) is 0 Å². The van der Waals surface area contributed by atoms with E-state index in [1.807, 2.05) is 13.8 Å². The lowest BCUT2D eigenvalue weighted by molar-refractivity contribution is -0.176. The van der Waals surface area contributed by atoms with E-state index < -0.39 is 53.3 Å². The van der Waals surface area contributed by atoms with Crippen molar-refractivity contribution in [1.29, 1.82) is 0 Å². The molecule has 6 atom stereocenters. The predicted octanol–water partition coefficient (Wildman–Crippen LogP) is 3.96. The predicted molar refractivity (Wildman–Crippen MR) is 117 cm³/mol. The summed E-state index contributed by atoms with van der Waals surface area (Å²) in [4.78, 5) is 38.6. The van der Waals surface area contributed by atoms with Gasteiger partial charge in [0.05, 0.1) is 11.5 Å². The van der Waals surface area contributed by atoms with E-state index in [9.17, 15) is 14.4 Å². The van der Waals surface area contributed by atoms with Gasteiger partial charge >= 0.3 is 17.9 Å². The molecule has 3 aliphatic rings. The number of ether oxygens (including phenoxy) is 4. The average molecular weight is 447 g/mol. The molecule has 1 aliphatic carbocycles. The Labute approximate surface area is 189 Å². The van der Waals surface area contributed by atoms with Crippen molar-refractivity contribution in [2.24, 2.45) is 5.92 Å². The zero-order chi connectivity index (χ0) is 23.8. The maximum atomic E-state index is 13.1. The van der Waals surface area contributed by atoms with Gasteiger partial charge < -0.3 is 18.9 Å². The summed E-state index contributed by atoms with van der Waals surface area (Å²) in [6, 6.07) is 0. The van der Waals surface area contributed by atoms with Gasteiger partial charge in [0.2, 0.25) is 5.60 Å². The molecule has 0 unspecified atom stereocenters. The Kier molecular flexibility index (Phi) is 6.70. The summed E-state index contributed by atoms with van der Waals surface area (Å²) in [7, 11) is 0. The first-order valence-electron chi connectivity index (χ1n) is 11.2. The van der Waals surface area contributed by atoms with E-state index in [0.29, 0.717) is 17.6 Å². The molecule has 0 aromatic heterocycles. The minimum absolute atomic E-state index is 0.379. The number of carbonyl (C=O) groups is 3. The molecule has 0 aromatic rings. The topological polar surface area (TPSA) is 91.4 Å². The van der Waals surface area contributed by atoms with E-state index in [2.05, 4.69) is 6.08 Å². The van der Waals surface area contributed by atoms with Gasteiger partial charge in [-0.15, -0.1) is 0 Å². The van der Waals surface area contributed by atoms with Crippen LogP contribution in [-0.4, -0.2) is 47.4 Å². The number of epoxide rings is 1. The van der Waals surface area contributed by atoms with Gasteiger partial charge in [-0.05, 0) is 61.3 Å². The summed E-state index contributed by atoms with van der Waals surface area (Å²) in [6.07, 6.45) is 5.60. The van der Waals surface area contributed by atoms with E-state index in [1.165, 1.54) is 0 Å². The fraction of sp³-hybridized carbons (Fsp3) is 0.640. The van der Waals surface area contributed by atoms with Crippen LogP contribution in [0.1, 0.15) is 67.7 Å². The summed E-state index contributed by atoms with van der Waals surface area (Å²) >= 11 is 0. The van der Waals surface area contributed by atoms with Crippen LogP contribution in [0.3, 0.4) is 0 Å². The lowest BCUT2D eigenvalue weighted by atomic mass is 9.76. The van der Waals surface area contributed by atoms with Gasteiger partial charge in [-0.1, -0.05) is 23.8 Å². The van der Waals surface area contributed by atoms with E-state index in [0.717, 1.165) is 18.4 Å². The highest BCUT2D eigenvalue weighted by Gasteiger charge is 2.68. The van der Waals surface area contributed by atoms with Crippen LogP contribution in [0.2, 0.25) is 0 Å². The Morgan fingerprint density at radius 3 is 2.38 bits per heavy atom. The Balaban J connectivity index is 2.08. The highest BCUT2D eigenvalue weighted by atomic mass is 16.7. The highest BCUT2D eigenvalue weighted by molar-refractivity contribution is 5.92. The van der Waals surface area contributed by atoms with Crippen LogP contribution in [0.15, 0.2) is 34.9 Å². The normalized spacial score (nSPS) is 39.1. The molecule has 3 rings (SSSR count). The third-order valence-electron chi connectivity index (χ3n) is 7.01. The maximum Gasteiger partial charge on any atom is 0.351 e. The van der Waals surface area contributed by atoms with Crippen LogP contribution >= 0.6 is 0 Å². The first-order chi connectivity index (χ1) is 15.0. The second-order valence-corrected chi connectivity index (χ2v) is 9.42. The number of hydrogen-bond donors (Lipinski definition) is 0. The zero-order valence-electron chi connectivity index (χ0n) is 20.0. The fourth-order valence-electron chi connectivity index (χ4n) is 4.55. The zero-order valence-corrected chi connectivity index (χ0v) is 20.0. The molecule has 176 valence electrons. The van der Waals surface area contributed by atoms with Crippen LogP contribution in [0.25, 0.3) is 0 Å². The molecule has 0 saturated carbocycles. The van der Waals surface area contributed by atoms with Gasteiger partial charge in [-0.25, -0.2) is 14.4 Å². The van der Waals surface area contributed by atoms with Crippen molar-refractivity contribution >= 4 is 17.9 Å². The van der Waals surface area contributed by atoms with Crippen LogP contribution < -0.4 is 0 Å². The summed E-state index contributed by atoms with van der Waals surface area (Å²) in [6.45, 7) is 12.3. The second kappa shape index (κ2) is 8.85. The first kappa shape index (κ1) is 24.2. The number of rotatable bonds is 4. The van der Waals surface area contributed by atoms with E-state index in [1.54, 1.807) is 46.8 Å².